The Kier molecular flexibility index (Phi) is 5.78. The normalized spacial score (nSPS) is 45.8. The van der Waals surface area contributed by atoms with Crippen molar-refractivity contribution in [3.63, 3.8) is 0 Å². The van der Waals surface area contributed by atoms with E-state index >= 15 is 0 Å². The second-order valence-electron chi connectivity index (χ2n) is 12.4. The van der Waals surface area contributed by atoms with Crippen LogP contribution >= 0.6 is 0 Å². The number of allylic oxidation sites excluding steroid dienone is 1. The molecule has 0 spiro atoms. The smallest absolute Gasteiger partial charge is 0.0608 e. The molecule has 0 aromatic carbocycles. The molecule has 4 rings (SSSR count). The Labute approximate surface area is 179 Å². The topological polar surface area (TPSA) is 29.5 Å². The second-order valence-corrected chi connectivity index (χ2v) is 12.4. The molecule has 4 aliphatic rings. The summed E-state index contributed by atoms with van der Waals surface area (Å²) in [5, 5.41) is 10.2. The monoisotopic (exact) mass is 402 g/mol. The lowest BCUT2D eigenvalue weighted by Gasteiger charge is -2.58. The molecule has 2 heteroatoms. The molecule has 0 heterocycles. The van der Waals surface area contributed by atoms with Crippen molar-refractivity contribution in [2.24, 2.45) is 40.4 Å². The van der Waals surface area contributed by atoms with E-state index in [1.54, 1.807) is 5.57 Å². The molecule has 29 heavy (non-hydrogen) atoms. The molecule has 3 fully saturated rings. The maximum Gasteiger partial charge on any atom is 0.0608 e. The summed E-state index contributed by atoms with van der Waals surface area (Å²) < 4.78 is 5.74. The average molecular weight is 403 g/mol. The molecule has 8 atom stereocenters. The first-order chi connectivity index (χ1) is 13.6. The van der Waals surface area contributed by atoms with Crippen LogP contribution in [0.25, 0.3) is 0 Å². The highest BCUT2D eigenvalue weighted by Gasteiger charge is 2.59. The van der Waals surface area contributed by atoms with Crippen LogP contribution in [-0.4, -0.2) is 23.9 Å². The van der Waals surface area contributed by atoms with E-state index in [0.717, 1.165) is 36.0 Å². The van der Waals surface area contributed by atoms with E-state index in [4.69, 9.17) is 4.74 Å². The van der Waals surface area contributed by atoms with Crippen molar-refractivity contribution in [2.45, 2.75) is 111 Å². The van der Waals surface area contributed by atoms with Gasteiger partial charge in [-0.2, -0.15) is 0 Å². The summed E-state index contributed by atoms with van der Waals surface area (Å²) in [5.74, 6) is 4.27. The summed E-state index contributed by atoms with van der Waals surface area (Å²) >= 11 is 0. The van der Waals surface area contributed by atoms with Gasteiger partial charge in [0.1, 0.15) is 0 Å². The fourth-order valence-corrected chi connectivity index (χ4v) is 8.59. The zero-order valence-corrected chi connectivity index (χ0v) is 20.0. The van der Waals surface area contributed by atoms with Gasteiger partial charge in [-0.05, 0) is 118 Å². The molecule has 0 aromatic rings. The lowest BCUT2D eigenvalue weighted by molar-refractivity contribution is -0.0612. The molecule has 0 radical (unpaired) electrons. The third-order valence-corrected chi connectivity index (χ3v) is 10.4. The van der Waals surface area contributed by atoms with Crippen LogP contribution in [0.5, 0.6) is 0 Å². The van der Waals surface area contributed by atoms with Crippen LogP contribution in [0.2, 0.25) is 0 Å². The molecule has 0 aliphatic heterocycles. The number of hydrogen-bond acceptors (Lipinski definition) is 2. The SMILES string of the molecule is CO[C@H]1CC[C@@]2(C)C(=CC[C@H]3[C@@H]4CC[C@H]([C@H](C)CCC(C)(C)O)[C@@]4(C)CC[C@@H]32)C1. The molecule has 3 saturated carbocycles. The molecule has 2 nitrogen and oxygen atoms in total. The lowest BCUT2D eigenvalue weighted by Crippen LogP contribution is -2.51. The number of aliphatic hydroxyl groups is 1. The van der Waals surface area contributed by atoms with Crippen LogP contribution in [0.4, 0.5) is 0 Å². The van der Waals surface area contributed by atoms with Crippen LogP contribution < -0.4 is 0 Å². The summed E-state index contributed by atoms with van der Waals surface area (Å²) in [6.07, 6.45) is 16.0. The predicted molar refractivity (Wildman–Crippen MR) is 121 cm³/mol. The van der Waals surface area contributed by atoms with Gasteiger partial charge in [-0.1, -0.05) is 32.4 Å². The second kappa shape index (κ2) is 7.66. The summed E-state index contributed by atoms with van der Waals surface area (Å²) in [6, 6.07) is 0. The lowest BCUT2D eigenvalue weighted by atomic mass is 9.47. The third kappa shape index (κ3) is 3.75. The van der Waals surface area contributed by atoms with Crippen molar-refractivity contribution in [1.82, 2.24) is 0 Å². The van der Waals surface area contributed by atoms with Gasteiger partial charge in [-0.25, -0.2) is 0 Å². The predicted octanol–water partition coefficient (Wildman–Crippen LogP) is 6.77. The first-order valence-electron chi connectivity index (χ1n) is 12.5. The van der Waals surface area contributed by atoms with Gasteiger partial charge in [0, 0.05) is 7.11 Å². The van der Waals surface area contributed by atoms with Crippen molar-refractivity contribution < 1.29 is 9.84 Å². The molecular weight excluding hydrogens is 356 g/mol. The average Bonchev–Trinajstić information content (AvgIpc) is 3.02. The molecular formula is C27H46O2. The standard InChI is InChI=1S/C27H46O2/c1-18(11-14-25(2,3)28)22-9-10-23-21-8-7-19-17-20(29-6)12-15-26(19,4)24(21)13-16-27(22,23)5/h7,18,20-24,28H,8-17H2,1-6H3/t18-,20+,21+,22-,23+,24+,26+,27-/m1/s1. The van der Waals surface area contributed by atoms with Crippen LogP contribution in [-0.2, 0) is 4.74 Å². The minimum absolute atomic E-state index is 0.434. The highest BCUT2D eigenvalue weighted by Crippen LogP contribution is 2.67. The molecule has 0 bridgehead atoms. The minimum atomic E-state index is -0.523. The Hall–Kier alpha value is -0.340. The summed E-state index contributed by atoms with van der Waals surface area (Å²) in [5.41, 5.74) is 2.16. The third-order valence-electron chi connectivity index (χ3n) is 10.4. The van der Waals surface area contributed by atoms with Crippen molar-refractivity contribution >= 4 is 0 Å². The molecule has 0 saturated heterocycles. The molecule has 1 N–H and O–H groups in total. The van der Waals surface area contributed by atoms with E-state index in [2.05, 4.69) is 26.8 Å². The Morgan fingerprint density at radius 1 is 1.14 bits per heavy atom. The van der Waals surface area contributed by atoms with E-state index < -0.39 is 5.60 Å². The first-order valence-corrected chi connectivity index (χ1v) is 12.5. The van der Waals surface area contributed by atoms with Crippen LogP contribution in [0, 0.1) is 40.4 Å². The van der Waals surface area contributed by atoms with E-state index in [0.29, 0.717) is 16.9 Å². The Bertz CT molecular complexity index is 631. The minimum Gasteiger partial charge on any atom is -0.390 e. The molecule has 0 aromatic heterocycles. The number of rotatable bonds is 5. The zero-order valence-electron chi connectivity index (χ0n) is 20.0. The Morgan fingerprint density at radius 2 is 1.90 bits per heavy atom. The van der Waals surface area contributed by atoms with Gasteiger partial charge in [0.15, 0.2) is 0 Å². The quantitative estimate of drug-likeness (QED) is 0.514. The Morgan fingerprint density at radius 3 is 2.59 bits per heavy atom. The van der Waals surface area contributed by atoms with Crippen molar-refractivity contribution in [3.8, 4) is 0 Å². The maximum absolute atomic E-state index is 10.2. The van der Waals surface area contributed by atoms with Crippen molar-refractivity contribution in [2.75, 3.05) is 7.11 Å². The van der Waals surface area contributed by atoms with Crippen LogP contribution in [0.15, 0.2) is 11.6 Å². The molecule has 0 amide bonds. The number of ether oxygens (including phenoxy) is 1. The van der Waals surface area contributed by atoms with Gasteiger partial charge in [0.05, 0.1) is 11.7 Å². The van der Waals surface area contributed by atoms with E-state index in [9.17, 15) is 5.11 Å². The van der Waals surface area contributed by atoms with Gasteiger partial charge in [-0.15, -0.1) is 0 Å². The fraction of sp³-hybridized carbons (Fsp3) is 0.926. The van der Waals surface area contributed by atoms with E-state index in [-0.39, 0.29) is 0 Å². The Balaban J connectivity index is 1.51. The number of hydrogen-bond donors (Lipinski definition) is 1. The van der Waals surface area contributed by atoms with Crippen LogP contribution in [0.3, 0.4) is 0 Å². The highest BCUT2D eigenvalue weighted by molar-refractivity contribution is 5.25. The summed E-state index contributed by atoms with van der Waals surface area (Å²) in [7, 11) is 1.89. The molecule has 4 aliphatic carbocycles. The van der Waals surface area contributed by atoms with E-state index in [1.165, 1.54) is 57.8 Å². The number of fused-ring (bicyclic) bond motifs is 5. The van der Waals surface area contributed by atoms with Gasteiger partial charge in [0.25, 0.3) is 0 Å². The molecule has 166 valence electrons. The van der Waals surface area contributed by atoms with E-state index in [1.807, 2.05) is 21.0 Å². The van der Waals surface area contributed by atoms with Crippen LogP contribution in [0.1, 0.15) is 98.8 Å². The maximum atomic E-state index is 10.2. The highest BCUT2D eigenvalue weighted by atomic mass is 16.5. The van der Waals surface area contributed by atoms with Gasteiger partial charge in [-0.3, -0.25) is 0 Å². The summed E-state index contributed by atoms with van der Waals surface area (Å²) in [6.45, 7) is 11.7. The van der Waals surface area contributed by atoms with Crippen molar-refractivity contribution in [1.29, 1.82) is 0 Å². The fourth-order valence-electron chi connectivity index (χ4n) is 8.59. The largest absolute Gasteiger partial charge is 0.390 e. The molecule has 0 unspecified atom stereocenters. The van der Waals surface area contributed by atoms with Crippen molar-refractivity contribution in [3.05, 3.63) is 11.6 Å². The zero-order chi connectivity index (χ0) is 21.0. The summed E-state index contributed by atoms with van der Waals surface area (Å²) in [4.78, 5) is 0. The first kappa shape index (κ1) is 21.9. The van der Waals surface area contributed by atoms with Gasteiger partial charge >= 0.3 is 0 Å². The van der Waals surface area contributed by atoms with Gasteiger partial charge < -0.3 is 9.84 Å². The van der Waals surface area contributed by atoms with Gasteiger partial charge in [0.2, 0.25) is 0 Å². The number of methoxy groups -OCH3 is 1.